The number of halogens is 2. The van der Waals surface area contributed by atoms with E-state index in [2.05, 4.69) is 20.5 Å². The summed E-state index contributed by atoms with van der Waals surface area (Å²) in [6.45, 7) is -0.0468. The van der Waals surface area contributed by atoms with Crippen molar-refractivity contribution in [3.63, 3.8) is 0 Å². The van der Waals surface area contributed by atoms with Gasteiger partial charge in [-0.2, -0.15) is 0 Å². The van der Waals surface area contributed by atoms with Gasteiger partial charge in [-0.1, -0.05) is 23.2 Å². The van der Waals surface area contributed by atoms with E-state index >= 15 is 0 Å². The number of ether oxygens (including phenoxy) is 1. The topological polar surface area (TPSA) is 89.3 Å². The van der Waals surface area contributed by atoms with Gasteiger partial charge < -0.3 is 15.5 Å². The molecule has 1 heterocycles. The molecule has 16 heavy (non-hydrogen) atoms. The predicted octanol–water partition coefficient (Wildman–Crippen LogP) is 1.26. The van der Waals surface area contributed by atoms with Gasteiger partial charge in [-0.25, -0.2) is 10.8 Å². The highest BCUT2D eigenvalue weighted by Crippen LogP contribution is 2.28. The van der Waals surface area contributed by atoms with Crippen LogP contribution in [0.15, 0.2) is 6.07 Å². The minimum Gasteiger partial charge on any atom is -0.468 e. The zero-order valence-corrected chi connectivity index (χ0v) is 9.89. The molecule has 1 aromatic rings. The lowest BCUT2D eigenvalue weighted by Crippen LogP contribution is -2.17. The molecule has 0 bridgehead atoms. The van der Waals surface area contributed by atoms with E-state index in [1.54, 1.807) is 0 Å². The molecule has 8 heteroatoms. The van der Waals surface area contributed by atoms with E-state index in [4.69, 9.17) is 29.0 Å². The summed E-state index contributed by atoms with van der Waals surface area (Å²) in [6.07, 6.45) is 0. The molecular weight excluding hydrogens is 255 g/mol. The number of hydrogen-bond acceptors (Lipinski definition) is 6. The number of nitrogens with two attached hydrogens (primary N) is 1. The number of methoxy groups -OCH3 is 1. The predicted molar refractivity (Wildman–Crippen MR) is 62.6 cm³/mol. The van der Waals surface area contributed by atoms with E-state index in [0.29, 0.717) is 5.82 Å². The average molecular weight is 265 g/mol. The average Bonchev–Trinajstić information content (AvgIpc) is 2.27. The summed E-state index contributed by atoms with van der Waals surface area (Å²) in [6, 6.07) is 1.46. The smallest absolute Gasteiger partial charge is 0.325 e. The number of anilines is 2. The van der Waals surface area contributed by atoms with Crippen LogP contribution in [0.4, 0.5) is 11.6 Å². The van der Waals surface area contributed by atoms with Crippen LogP contribution in [0.1, 0.15) is 0 Å². The molecule has 88 valence electrons. The lowest BCUT2D eigenvalue weighted by atomic mass is 10.4. The number of nitrogen functional groups attached to an aromatic ring is 1. The molecule has 0 aliphatic heterocycles. The number of carbonyl (C=O) groups excluding carboxylic acids is 1. The largest absolute Gasteiger partial charge is 0.468 e. The maximum absolute atomic E-state index is 10.9. The van der Waals surface area contributed by atoms with E-state index in [1.807, 2.05) is 0 Å². The summed E-state index contributed by atoms with van der Waals surface area (Å²) < 4.78 is 4.45. The maximum Gasteiger partial charge on any atom is 0.325 e. The molecule has 0 aliphatic carbocycles. The quantitative estimate of drug-likeness (QED) is 0.431. The van der Waals surface area contributed by atoms with Crippen LogP contribution in [0, 0.1) is 0 Å². The van der Waals surface area contributed by atoms with Crippen LogP contribution in [0.3, 0.4) is 0 Å². The molecule has 6 nitrogen and oxygen atoms in total. The number of nitrogens with zero attached hydrogens (tertiary/aromatic N) is 1. The van der Waals surface area contributed by atoms with Gasteiger partial charge in [-0.3, -0.25) is 4.79 Å². The third-order valence-electron chi connectivity index (χ3n) is 1.69. The molecule has 0 atom stereocenters. The van der Waals surface area contributed by atoms with Crippen LogP contribution < -0.4 is 16.6 Å². The zero-order chi connectivity index (χ0) is 12.1. The normalized spacial score (nSPS) is 9.75. The monoisotopic (exact) mass is 264 g/mol. The summed E-state index contributed by atoms with van der Waals surface area (Å²) in [7, 11) is 1.29. The van der Waals surface area contributed by atoms with Crippen LogP contribution in [0.5, 0.6) is 0 Å². The number of esters is 1. The summed E-state index contributed by atoms with van der Waals surface area (Å²) in [4.78, 5) is 14.9. The van der Waals surface area contributed by atoms with E-state index in [-0.39, 0.29) is 22.4 Å². The second kappa shape index (κ2) is 5.74. The van der Waals surface area contributed by atoms with Crippen molar-refractivity contribution >= 4 is 40.8 Å². The van der Waals surface area contributed by atoms with Gasteiger partial charge in [0.05, 0.1) is 17.2 Å². The van der Waals surface area contributed by atoms with Gasteiger partial charge in [-0.15, -0.1) is 0 Å². The summed E-state index contributed by atoms with van der Waals surface area (Å²) in [5.41, 5.74) is 2.31. The fourth-order valence-electron chi connectivity index (χ4n) is 0.920. The van der Waals surface area contributed by atoms with Crippen LogP contribution in [0.25, 0.3) is 0 Å². The second-order valence-electron chi connectivity index (χ2n) is 2.72. The maximum atomic E-state index is 10.9. The van der Waals surface area contributed by atoms with Crippen molar-refractivity contribution in [1.82, 2.24) is 4.98 Å². The molecule has 1 rings (SSSR count). The fraction of sp³-hybridized carbons (Fsp3) is 0.250. The highest BCUT2D eigenvalue weighted by atomic mass is 35.5. The Morgan fingerprint density at radius 2 is 2.12 bits per heavy atom. The molecule has 0 unspecified atom stereocenters. The van der Waals surface area contributed by atoms with Gasteiger partial charge in [0.15, 0.2) is 5.82 Å². The van der Waals surface area contributed by atoms with Gasteiger partial charge >= 0.3 is 5.97 Å². The molecule has 0 fully saturated rings. The zero-order valence-electron chi connectivity index (χ0n) is 8.38. The van der Waals surface area contributed by atoms with Gasteiger partial charge in [0, 0.05) is 0 Å². The third kappa shape index (κ3) is 3.13. The molecule has 0 saturated heterocycles. The molecule has 0 amide bonds. The third-order valence-corrected chi connectivity index (χ3v) is 2.27. The molecule has 4 N–H and O–H groups in total. The van der Waals surface area contributed by atoms with Gasteiger partial charge in [-0.05, 0) is 6.07 Å². The SMILES string of the molecule is COC(=O)CNc1nc(NN)c(Cl)cc1Cl. The standard InChI is InChI=1S/C8H10Cl2N4O2/c1-16-6(15)3-12-7-4(9)2-5(10)8(13-7)14-11/h2H,3,11H2,1H3,(H2,12,13,14). The molecule has 0 spiro atoms. The van der Waals surface area contributed by atoms with Crippen molar-refractivity contribution in [1.29, 1.82) is 0 Å². The fourth-order valence-corrected chi connectivity index (χ4v) is 1.40. The van der Waals surface area contributed by atoms with E-state index in [9.17, 15) is 4.79 Å². The Bertz CT molecular complexity index is 400. The highest BCUT2D eigenvalue weighted by molar-refractivity contribution is 6.37. The first-order valence-corrected chi connectivity index (χ1v) is 4.97. The molecule has 1 aromatic heterocycles. The minimum atomic E-state index is -0.435. The highest BCUT2D eigenvalue weighted by Gasteiger charge is 2.09. The second-order valence-corrected chi connectivity index (χ2v) is 3.54. The number of nitrogens with one attached hydrogen (secondary N) is 2. The summed E-state index contributed by atoms with van der Waals surface area (Å²) in [5, 5.41) is 3.27. The number of aromatic nitrogens is 1. The van der Waals surface area contributed by atoms with Gasteiger partial charge in [0.1, 0.15) is 12.4 Å². The Balaban J connectivity index is 2.83. The van der Waals surface area contributed by atoms with E-state index < -0.39 is 5.97 Å². The first-order chi connectivity index (χ1) is 7.58. The van der Waals surface area contributed by atoms with Crippen molar-refractivity contribution in [3.05, 3.63) is 16.1 Å². The number of hydrogen-bond donors (Lipinski definition) is 3. The minimum absolute atomic E-state index is 0.0468. The number of pyridine rings is 1. The lowest BCUT2D eigenvalue weighted by Gasteiger charge is -2.09. The Labute approximate surface area is 102 Å². The van der Waals surface area contributed by atoms with Crippen molar-refractivity contribution in [2.24, 2.45) is 5.84 Å². The van der Waals surface area contributed by atoms with Crippen molar-refractivity contribution in [2.75, 3.05) is 24.4 Å². The van der Waals surface area contributed by atoms with Crippen molar-refractivity contribution < 1.29 is 9.53 Å². The van der Waals surface area contributed by atoms with Crippen LogP contribution >= 0.6 is 23.2 Å². The summed E-state index contributed by atoms with van der Waals surface area (Å²) >= 11 is 11.6. The first kappa shape index (κ1) is 12.8. The Kier molecular flexibility index (Phi) is 4.60. The number of carbonyl (C=O) groups is 1. The van der Waals surface area contributed by atoms with E-state index in [0.717, 1.165) is 0 Å². The van der Waals surface area contributed by atoms with Crippen LogP contribution in [-0.2, 0) is 9.53 Å². The van der Waals surface area contributed by atoms with Crippen molar-refractivity contribution in [3.8, 4) is 0 Å². The van der Waals surface area contributed by atoms with Crippen LogP contribution in [0.2, 0.25) is 10.0 Å². The summed E-state index contributed by atoms with van der Waals surface area (Å²) in [5.74, 6) is 5.32. The molecule has 0 aromatic carbocycles. The Morgan fingerprint density at radius 3 is 2.69 bits per heavy atom. The van der Waals surface area contributed by atoms with Gasteiger partial charge in [0.25, 0.3) is 0 Å². The van der Waals surface area contributed by atoms with E-state index in [1.165, 1.54) is 13.2 Å². The Hall–Kier alpha value is -1.24. The van der Waals surface area contributed by atoms with Gasteiger partial charge in [0.2, 0.25) is 0 Å². The number of rotatable bonds is 4. The lowest BCUT2D eigenvalue weighted by molar-refractivity contribution is -0.138. The molecule has 0 radical (unpaired) electrons. The first-order valence-electron chi connectivity index (χ1n) is 4.21. The Morgan fingerprint density at radius 1 is 1.50 bits per heavy atom. The molecule has 0 saturated carbocycles. The van der Waals surface area contributed by atoms with Crippen LogP contribution in [-0.4, -0.2) is 24.6 Å². The molecular formula is C8H10Cl2N4O2. The van der Waals surface area contributed by atoms with Crippen molar-refractivity contribution in [2.45, 2.75) is 0 Å². The molecule has 0 aliphatic rings. The number of hydrazine groups is 1.